The van der Waals surface area contributed by atoms with Crippen LogP contribution in [0.4, 0.5) is 5.82 Å². The van der Waals surface area contributed by atoms with E-state index in [1.54, 1.807) is 23.9 Å². The minimum Gasteiger partial charge on any atom is -0.467 e. The molecule has 0 atom stereocenters. The first-order valence-electron chi connectivity index (χ1n) is 7.95. The summed E-state index contributed by atoms with van der Waals surface area (Å²) >= 11 is 1.74. The van der Waals surface area contributed by atoms with Gasteiger partial charge in [-0.2, -0.15) is 0 Å². The topological polar surface area (TPSA) is 51.0 Å². The quantitative estimate of drug-likeness (QED) is 0.549. The van der Waals surface area contributed by atoms with Crippen molar-refractivity contribution < 1.29 is 4.42 Å². The van der Waals surface area contributed by atoms with Crippen molar-refractivity contribution in [2.75, 3.05) is 5.32 Å². The van der Waals surface area contributed by atoms with Gasteiger partial charge in [-0.1, -0.05) is 37.3 Å². The number of hydrogen-bond donors (Lipinski definition) is 1. The summed E-state index contributed by atoms with van der Waals surface area (Å²) in [5, 5.41) is 4.49. The van der Waals surface area contributed by atoms with E-state index in [1.165, 1.54) is 16.0 Å². The van der Waals surface area contributed by atoms with Crippen molar-refractivity contribution in [3.8, 4) is 11.1 Å². The summed E-state index contributed by atoms with van der Waals surface area (Å²) in [6.45, 7) is 2.78. The largest absolute Gasteiger partial charge is 0.467 e. The fraction of sp³-hybridized carbons (Fsp3) is 0.158. The normalized spacial score (nSPS) is 11.0. The minimum absolute atomic E-state index is 0.602. The Kier molecular flexibility index (Phi) is 4.01. The molecule has 0 fully saturated rings. The Bertz CT molecular complexity index is 946. The molecule has 0 aliphatic heterocycles. The van der Waals surface area contributed by atoms with Gasteiger partial charge < -0.3 is 9.73 Å². The number of anilines is 1. The number of rotatable bonds is 5. The molecule has 0 bridgehead atoms. The van der Waals surface area contributed by atoms with E-state index < -0.39 is 0 Å². The van der Waals surface area contributed by atoms with Crippen molar-refractivity contribution in [2.45, 2.75) is 19.9 Å². The van der Waals surface area contributed by atoms with Crippen molar-refractivity contribution in [1.82, 2.24) is 9.97 Å². The number of aromatic nitrogens is 2. The number of hydrogen-bond acceptors (Lipinski definition) is 5. The van der Waals surface area contributed by atoms with Gasteiger partial charge in [0.1, 0.15) is 22.7 Å². The highest BCUT2D eigenvalue weighted by Gasteiger charge is 2.17. The molecule has 3 aromatic heterocycles. The SMILES string of the molecule is CCc1sc2ncnc(NCc3ccco3)c2c1-c1ccccc1. The van der Waals surface area contributed by atoms with Crippen LogP contribution in [-0.4, -0.2) is 9.97 Å². The van der Waals surface area contributed by atoms with Crippen molar-refractivity contribution in [1.29, 1.82) is 0 Å². The third-order valence-electron chi connectivity index (χ3n) is 3.95. The average Bonchev–Trinajstić information content (AvgIpc) is 3.28. The van der Waals surface area contributed by atoms with Crippen LogP contribution in [0, 0.1) is 0 Å². The van der Waals surface area contributed by atoms with E-state index in [1.807, 2.05) is 18.2 Å². The van der Waals surface area contributed by atoms with Crippen LogP contribution in [0.15, 0.2) is 59.5 Å². The summed E-state index contributed by atoms with van der Waals surface area (Å²) in [5.74, 6) is 1.74. The highest BCUT2D eigenvalue weighted by molar-refractivity contribution is 7.19. The van der Waals surface area contributed by atoms with Crippen LogP contribution in [0.1, 0.15) is 17.6 Å². The first-order valence-corrected chi connectivity index (χ1v) is 8.76. The lowest BCUT2D eigenvalue weighted by molar-refractivity contribution is 0.518. The maximum atomic E-state index is 5.41. The Labute approximate surface area is 144 Å². The first-order chi connectivity index (χ1) is 11.9. The highest BCUT2D eigenvalue weighted by Crippen LogP contribution is 2.41. The Hall–Kier alpha value is -2.66. The molecule has 0 saturated carbocycles. The lowest BCUT2D eigenvalue weighted by atomic mass is 10.0. The Morgan fingerprint density at radius 2 is 1.96 bits per heavy atom. The molecule has 0 amide bonds. The van der Waals surface area contributed by atoms with Gasteiger partial charge in [0.2, 0.25) is 0 Å². The van der Waals surface area contributed by atoms with Crippen LogP contribution >= 0.6 is 11.3 Å². The molecule has 0 unspecified atom stereocenters. The second-order valence-corrected chi connectivity index (χ2v) is 6.54. The molecule has 0 radical (unpaired) electrons. The average molecular weight is 335 g/mol. The van der Waals surface area contributed by atoms with Gasteiger partial charge in [-0.25, -0.2) is 9.97 Å². The second kappa shape index (κ2) is 6.45. The number of aryl methyl sites for hydroxylation is 1. The molecule has 4 aromatic rings. The van der Waals surface area contributed by atoms with Crippen LogP contribution in [0.2, 0.25) is 0 Å². The molecule has 120 valence electrons. The summed E-state index contributed by atoms with van der Waals surface area (Å²) in [6, 6.07) is 14.3. The van der Waals surface area contributed by atoms with Crippen LogP contribution in [-0.2, 0) is 13.0 Å². The second-order valence-electron chi connectivity index (χ2n) is 5.46. The molecule has 1 aromatic carbocycles. The Morgan fingerprint density at radius 3 is 2.71 bits per heavy atom. The van der Waals surface area contributed by atoms with E-state index in [0.29, 0.717) is 6.54 Å². The van der Waals surface area contributed by atoms with Gasteiger partial charge in [0.05, 0.1) is 18.2 Å². The molecule has 0 spiro atoms. The first kappa shape index (κ1) is 14.9. The zero-order valence-corrected chi connectivity index (χ0v) is 14.1. The standard InChI is InChI=1S/C19H17N3OS/c1-2-15-16(13-7-4-3-5-8-13)17-18(21-12-22-19(17)24-15)20-11-14-9-6-10-23-14/h3-10,12H,2,11H2,1H3,(H,20,21,22). The molecular weight excluding hydrogens is 318 g/mol. The predicted octanol–water partition coefficient (Wildman–Crippen LogP) is 5.13. The van der Waals surface area contributed by atoms with Gasteiger partial charge in [0.15, 0.2) is 0 Å². The zero-order valence-electron chi connectivity index (χ0n) is 13.3. The van der Waals surface area contributed by atoms with Gasteiger partial charge in [-0.3, -0.25) is 0 Å². The van der Waals surface area contributed by atoms with Crippen molar-refractivity contribution in [2.24, 2.45) is 0 Å². The third kappa shape index (κ3) is 2.67. The van der Waals surface area contributed by atoms with Gasteiger partial charge in [0, 0.05) is 10.4 Å². The number of nitrogens with one attached hydrogen (secondary N) is 1. The van der Waals surface area contributed by atoms with Crippen molar-refractivity contribution in [3.63, 3.8) is 0 Å². The van der Waals surface area contributed by atoms with E-state index in [0.717, 1.165) is 28.2 Å². The van der Waals surface area contributed by atoms with Gasteiger partial charge >= 0.3 is 0 Å². The summed E-state index contributed by atoms with van der Waals surface area (Å²) in [5.41, 5.74) is 2.44. The molecule has 0 aliphatic rings. The molecular formula is C19H17N3OS. The van der Waals surface area contributed by atoms with Gasteiger partial charge in [0.25, 0.3) is 0 Å². The van der Waals surface area contributed by atoms with Crippen LogP contribution < -0.4 is 5.32 Å². The number of benzene rings is 1. The fourth-order valence-corrected chi connectivity index (χ4v) is 3.96. The van der Waals surface area contributed by atoms with E-state index >= 15 is 0 Å². The Balaban J connectivity index is 1.84. The van der Waals surface area contributed by atoms with E-state index in [2.05, 4.69) is 46.5 Å². The number of fused-ring (bicyclic) bond motifs is 1. The van der Waals surface area contributed by atoms with Crippen molar-refractivity contribution in [3.05, 3.63) is 65.7 Å². The number of thiophene rings is 1. The molecule has 4 rings (SSSR count). The van der Waals surface area contributed by atoms with Crippen LogP contribution in [0.3, 0.4) is 0 Å². The minimum atomic E-state index is 0.602. The molecule has 24 heavy (non-hydrogen) atoms. The number of furan rings is 1. The molecule has 4 nitrogen and oxygen atoms in total. The predicted molar refractivity (Wildman–Crippen MR) is 98.3 cm³/mol. The maximum absolute atomic E-state index is 5.41. The maximum Gasteiger partial charge on any atom is 0.139 e. The lowest BCUT2D eigenvalue weighted by Crippen LogP contribution is -2.01. The number of nitrogens with zero attached hydrogens (tertiary/aromatic N) is 2. The van der Waals surface area contributed by atoms with Gasteiger partial charge in [-0.05, 0) is 24.1 Å². The smallest absolute Gasteiger partial charge is 0.139 e. The van der Waals surface area contributed by atoms with Crippen molar-refractivity contribution >= 4 is 27.4 Å². The molecule has 1 N–H and O–H groups in total. The fourth-order valence-electron chi connectivity index (χ4n) is 2.86. The molecule has 3 heterocycles. The monoisotopic (exact) mass is 335 g/mol. The molecule has 0 saturated heterocycles. The summed E-state index contributed by atoms with van der Waals surface area (Å²) in [6.07, 6.45) is 4.28. The highest BCUT2D eigenvalue weighted by atomic mass is 32.1. The van der Waals surface area contributed by atoms with E-state index in [9.17, 15) is 0 Å². The van der Waals surface area contributed by atoms with Gasteiger partial charge in [-0.15, -0.1) is 11.3 Å². The van der Waals surface area contributed by atoms with E-state index in [4.69, 9.17) is 4.42 Å². The summed E-state index contributed by atoms with van der Waals surface area (Å²) in [4.78, 5) is 11.3. The molecule has 0 aliphatic carbocycles. The molecule has 5 heteroatoms. The van der Waals surface area contributed by atoms with Crippen LogP contribution in [0.5, 0.6) is 0 Å². The zero-order chi connectivity index (χ0) is 16.4. The van der Waals surface area contributed by atoms with Crippen LogP contribution in [0.25, 0.3) is 21.3 Å². The van der Waals surface area contributed by atoms with E-state index in [-0.39, 0.29) is 0 Å². The summed E-state index contributed by atoms with van der Waals surface area (Å²) in [7, 11) is 0. The lowest BCUT2D eigenvalue weighted by Gasteiger charge is -2.08. The third-order valence-corrected chi connectivity index (χ3v) is 5.20. The summed E-state index contributed by atoms with van der Waals surface area (Å²) < 4.78 is 5.41. The Morgan fingerprint density at radius 1 is 1.08 bits per heavy atom.